The molecule has 2 aromatic heterocycles. The number of aromatic amines is 1. The fourth-order valence-electron chi connectivity index (χ4n) is 2.89. The molecule has 2 aromatic carbocycles. The largest absolute Gasteiger partial charge is 0.333 e. The van der Waals surface area contributed by atoms with Gasteiger partial charge in [0.1, 0.15) is 4.21 Å². The summed E-state index contributed by atoms with van der Waals surface area (Å²) in [6, 6.07) is 11.9. The molecule has 0 fully saturated rings. The zero-order valence-corrected chi connectivity index (χ0v) is 18.9. The van der Waals surface area contributed by atoms with Gasteiger partial charge in [-0.3, -0.25) is 4.79 Å². The van der Waals surface area contributed by atoms with E-state index in [0.717, 1.165) is 15.9 Å². The molecule has 4 aromatic rings. The van der Waals surface area contributed by atoms with Crippen molar-refractivity contribution in [3.05, 3.63) is 84.8 Å². The van der Waals surface area contributed by atoms with E-state index in [-0.39, 0.29) is 25.3 Å². The molecule has 32 heavy (non-hydrogen) atoms. The van der Waals surface area contributed by atoms with Crippen LogP contribution in [0.25, 0.3) is 16.6 Å². The smallest absolute Gasteiger partial charge is 0.307 e. The Morgan fingerprint density at radius 1 is 1.00 bits per heavy atom. The van der Waals surface area contributed by atoms with Gasteiger partial charge in [-0.1, -0.05) is 23.2 Å². The minimum atomic E-state index is -4.08. The Bertz CT molecular complexity index is 1570. The highest BCUT2D eigenvalue weighted by Crippen LogP contribution is 2.25. The number of anilines is 1. The van der Waals surface area contributed by atoms with Gasteiger partial charge in [0, 0.05) is 10.7 Å². The topological polar surface area (TPSA) is 130 Å². The van der Waals surface area contributed by atoms with Crippen molar-refractivity contribution in [2.24, 2.45) is 0 Å². The molecule has 4 rings (SSSR count). The lowest BCUT2D eigenvalue weighted by Crippen LogP contribution is -2.34. The summed E-state index contributed by atoms with van der Waals surface area (Å²) in [5.74, 6) is 0. The van der Waals surface area contributed by atoms with E-state index in [1.807, 2.05) is 4.72 Å². The van der Waals surface area contributed by atoms with Gasteiger partial charge in [0.25, 0.3) is 15.6 Å². The molecule has 0 saturated heterocycles. The highest BCUT2D eigenvalue weighted by atomic mass is 35.5. The van der Waals surface area contributed by atoms with Gasteiger partial charge >= 0.3 is 11.7 Å². The molecule has 13 heteroatoms. The molecule has 0 bridgehead atoms. The molecule has 0 radical (unpaired) electrons. The van der Waals surface area contributed by atoms with Gasteiger partial charge < -0.3 is 10.3 Å². The maximum atomic E-state index is 12.8. The summed E-state index contributed by atoms with van der Waals surface area (Å²) in [7, 11) is -4.08. The summed E-state index contributed by atoms with van der Waals surface area (Å²) in [4.78, 5) is 39.9. The predicted octanol–water partition coefficient (Wildman–Crippen LogP) is 3.56. The third-order valence-electron chi connectivity index (χ3n) is 4.28. The monoisotopic (exact) mass is 510 g/mol. The van der Waals surface area contributed by atoms with E-state index in [1.54, 1.807) is 6.07 Å². The standard InChI is InChI=1S/C19H12Cl2N4O5S2/c20-10-1-6-14-13(9-10)17(26)25(19(28)23-14)12-4-2-11(3-5-12)22-18(27)24-32(29,30)16-8-7-15(21)31-16/h1-9H,(H,23,28)(H2,22,24,27). The molecule has 0 saturated carbocycles. The minimum absolute atomic E-state index is 0.108. The van der Waals surface area contributed by atoms with Gasteiger partial charge in [-0.15, -0.1) is 11.3 Å². The maximum absolute atomic E-state index is 12.8. The Balaban J connectivity index is 1.57. The van der Waals surface area contributed by atoms with Crippen LogP contribution in [-0.4, -0.2) is 24.0 Å². The number of hydrogen-bond acceptors (Lipinski definition) is 6. The molecule has 2 amide bonds. The summed E-state index contributed by atoms with van der Waals surface area (Å²) in [6.07, 6.45) is 0. The number of fused-ring (bicyclic) bond motifs is 1. The Hall–Kier alpha value is -3.12. The summed E-state index contributed by atoms with van der Waals surface area (Å²) >= 11 is 12.5. The van der Waals surface area contributed by atoms with Crippen LogP contribution in [0.5, 0.6) is 0 Å². The van der Waals surface area contributed by atoms with Crippen molar-refractivity contribution in [1.82, 2.24) is 14.3 Å². The summed E-state index contributed by atoms with van der Waals surface area (Å²) in [6.45, 7) is 0. The van der Waals surface area contributed by atoms with E-state index in [0.29, 0.717) is 10.5 Å². The van der Waals surface area contributed by atoms with Crippen LogP contribution in [0.4, 0.5) is 10.5 Å². The summed E-state index contributed by atoms with van der Waals surface area (Å²) < 4.78 is 27.3. The number of H-pyrrole nitrogens is 1. The molecule has 0 aliphatic rings. The quantitative estimate of drug-likeness (QED) is 0.386. The maximum Gasteiger partial charge on any atom is 0.333 e. The number of hydrogen-bond donors (Lipinski definition) is 3. The number of urea groups is 1. The second-order valence-electron chi connectivity index (χ2n) is 6.43. The summed E-state index contributed by atoms with van der Waals surface area (Å²) in [5, 5.41) is 2.95. The SMILES string of the molecule is O=C(Nc1ccc(-n2c(=O)[nH]c3ccc(Cl)cc3c2=O)cc1)NS(=O)(=O)c1ccc(Cl)s1. The number of benzene rings is 2. The molecule has 9 nitrogen and oxygen atoms in total. The highest BCUT2D eigenvalue weighted by Gasteiger charge is 2.20. The van der Waals surface area contributed by atoms with E-state index < -0.39 is 27.3 Å². The molecular formula is C19H12Cl2N4O5S2. The van der Waals surface area contributed by atoms with Crippen molar-refractivity contribution < 1.29 is 13.2 Å². The number of halogens is 2. The van der Waals surface area contributed by atoms with Gasteiger partial charge in [0.05, 0.1) is 20.9 Å². The van der Waals surface area contributed by atoms with Crippen LogP contribution >= 0.6 is 34.5 Å². The van der Waals surface area contributed by atoms with E-state index in [9.17, 15) is 22.8 Å². The van der Waals surface area contributed by atoms with Crippen LogP contribution in [0.15, 0.2) is 68.4 Å². The Morgan fingerprint density at radius 2 is 1.72 bits per heavy atom. The van der Waals surface area contributed by atoms with E-state index >= 15 is 0 Å². The van der Waals surface area contributed by atoms with Crippen LogP contribution in [0.2, 0.25) is 9.36 Å². The first kappa shape index (κ1) is 22.1. The number of rotatable bonds is 4. The molecule has 0 aliphatic heterocycles. The van der Waals surface area contributed by atoms with Crippen LogP contribution in [0, 0.1) is 0 Å². The van der Waals surface area contributed by atoms with Gasteiger partial charge in [0.15, 0.2) is 0 Å². The van der Waals surface area contributed by atoms with Crippen LogP contribution in [0.1, 0.15) is 0 Å². The highest BCUT2D eigenvalue weighted by molar-refractivity contribution is 7.92. The van der Waals surface area contributed by atoms with Gasteiger partial charge in [-0.2, -0.15) is 0 Å². The van der Waals surface area contributed by atoms with Gasteiger partial charge in [-0.05, 0) is 54.6 Å². The number of nitrogens with zero attached hydrogens (tertiary/aromatic N) is 1. The van der Waals surface area contributed by atoms with Crippen molar-refractivity contribution >= 4 is 67.2 Å². The third kappa shape index (κ3) is 4.41. The lowest BCUT2D eigenvalue weighted by Gasteiger charge is -2.10. The number of sulfonamides is 1. The van der Waals surface area contributed by atoms with Gasteiger partial charge in [-0.25, -0.2) is 27.3 Å². The van der Waals surface area contributed by atoms with Crippen molar-refractivity contribution in [2.45, 2.75) is 4.21 Å². The van der Waals surface area contributed by atoms with E-state index in [4.69, 9.17) is 23.2 Å². The average molecular weight is 511 g/mol. The van der Waals surface area contributed by atoms with Crippen LogP contribution in [-0.2, 0) is 10.0 Å². The first-order valence-corrected chi connectivity index (χ1v) is 11.8. The zero-order valence-electron chi connectivity index (χ0n) is 15.8. The van der Waals surface area contributed by atoms with Gasteiger partial charge in [0.2, 0.25) is 0 Å². The van der Waals surface area contributed by atoms with Crippen LogP contribution in [0.3, 0.4) is 0 Å². The average Bonchev–Trinajstić information content (AvgIpc) is 3.17. The molecule has 0 unspecified atom stereocenters. The number of nitrogens with one attached hydrogen (secondary N) is 3. The normalized spacial score (nSPS) is 11.4. The first-order valence-electron chi connectivity index (χ1n) is 8.78. The molecule has 0 atom stereocenters. The summed E-state index contributed by atoms with van der Waals surface area (Å²) in [5.41, 5.74) is -0.387. The lowest BCUT2D eigenvalue weighted by atomic mass is 10.2. The second-order valence-corrected chi connectivity index (χ2v) is 10.5. The Kier molecular flexibility index (Phi) is 5.82. The molecule has 2 heterocycles. The fourth-order valence-corrected chi connectivity index (χ4v) is 5.45. The number of amides is 2. The minimum Gasteiger partial charge on any atom is -0.307 e. The van der Waals surface area contributed by atoms with Crippen molar-refractivity contribution in [3.8, 4) is 5.69 Å². The second kappa shape index (κ2) is 8.43. The zero-order chi connectivity index (χ0) is 23.0. The lowest BCUT2D eigenvalue weighted by molar-refractivity contribution is 0.256. The third-order valence-corrected chi connectivity index (χ3v) is 7.57. The van der Waals surface area contributed by atoms with Crippen molar-refractivity contribution in [1.29, 1.82) is 0 Å². The Labute approximate surface area is 194 Å². The first-order chi connectivity index (χ1) is 15.1. The van der Waals surface area contributed by atoms with Crippen LogP contribution < -0.4 is 21.3 Å². The molecule has 0 aliphatic carbocycles. The predicted molar refractivity (Wildman–Crippen MR) is 124 cm³/mol. The van der Waals surface area contributed by atoms with Crippen molar-refractivity contribution in [2.75, 3.05) is 5.32 Å². The number of aromatic nitrogens is 2. The number of thiophene rings is 1. The fraction of sp³-hybridized carbons (Fsp3) is 0. The van der Waals surface area contributed by atoms with Crippen molar-refractivity contribution in [3.63, 3.8) is 0 Å². The Morgan fingerprint density at radius 3 is 2.38 bits per heavy atom. The molecular weight excluding hydrogens is 499 g/mol. The van der Waals surface area contributed by atoms with E-state index in [2.05, 4.69) is 10.3 Å². The number of carbonyl (C=O) groups is 1. The number of carbonyl (C=O) groups excluding carboxylic acids is 1. The molecule has 3 N–H and O–H groups in total. The molecule has 164 valence electrons. The van der Waals surface area contributed by atoms with E-state index in [1.165, 1.54) is 48.5 Å². The molecule has 0 spiro atoms.